The summed E-state index contributed by atoms with van der Waals surface area (Å²) in [5, 5.41) is 8.84. The molecule has 0 radical (unpaired) electrons. The summed E-state index contributed by atoms with van der Waals surface area (Å²) < 4.78 is 0. The van der Waals surface area contributed by atoms with E-state index in [0.717, 1.165) is 19.6 Å². The molecule has 0 spiro atoms. The van der Waals surface area contributed by atoms with Gasteiger partial charge in [-0.15, -0.1) is 0 Å². The number of likely N-dealkylation sites (N-methyl/N-ethyl adjacent to an activating group) is 2. The highest BCUT2D eigenvalue weighted by Gasteiger charge is 2.23. The minimum absolute atomic E-state index is 0.286. The molecule has 1 heterocycles. The fourth-order valence-corrected chi connectivity index (χ4v) is 1.94. The Morgan fingerprint density at radius 1 is 1.58 bits per heavy atom. The molecule has 0 saturated carbocycles. The summed E-state index contributed by atoms with van der Waals surface area (Å²) in [5.41, 5.74) is 0. The quantitative estimate of drug-likeness (QED) is 0.647. The van der Waals surface area contributed by atoms with Crippen molar-refractivity contribution in [3.05, 3.63) is 0 Å². The average molecular weight is 172 g/mol. The van der Waals surface area contributed by atoms with Gasteiger partial charge < -0.3 is 10.0 Å². The van der Waals surface area contributed by atoms with E-state index >= 15 is 0 Å². The third-order valence-electron chi connectivity index (χ3n) is 2.68. The topological polar surface area (TPSA) is 26.7 Å². The van der Waals surface area contributed by atoms with Crippen molar-refractivity contribution in [2.75, 3.05) is 39.8 Å². The molecule has 1 aliphatic rings. The van der Waals surface area contributed by atoms with Crippen molar-refractivity contribution in [2.45, 2.75) is 19.4 Å². The van der Waals surface area contributed by atoms with Crippen LogP contribution in [0, 0.1) is 0 Å². The van der Waals surface area contributed by atoms with Gasteiger partial charge in [0, 0.05) is 19.1 Å². The van der Waals surface area contributed by atoms with Gasteiger partial charge in [0.15, 0.2) is 0 Å². The Morgan fingerprint density at radius 3 is 2.75 bits per heavy atom. The van der Waals surface area contributed by atoms with Crippen molar-refractivity contribution < 1.29 is 5.11 Å². The van der Waals surface area contributed by atoms with Gasteiger partial charge in [0.05, 0.1) is 6.61 Å². The summed E-state index contributed by atoms with van der Waals surface area (Å²) in [6.07, 6.45) is 1.25. The Bertz CT molecular complexity index is 128. The number of hydrogen-bond donors (Lipinski definition) is 1. The van der Waals surface area contributed by atoms with Crippen molar-refractivity contribution in [3.63, 3.8) is 0 Å². The smallest absolute Gasteiger partial charge is 0.0558 e. The highest BCUT2D eigenvalue weighted by molar-refractivity contribution is 4.80. The number of nitrogens with zero attached hydrogens (tertiary/aromatic N) is 2. The number of aliphatic hydroxyl groups excluding tert-OH is 1. The maximum Gasteiger partial charge on any atom is 0.0558 e. The first-order chi connectivity index (χ1) is 5.77. The standard InChI is InChI=1S/C9H20N2O/c1-3-11(6-7-12)9-4-5-10(2)8-9/h9,12H,3-8H2,1-2H3. The molecule has 1 atom stereocenters. The Balaban J connectivity index is 2.33. The predicted octanol–water partition coefficient (Wildman–Crippen LogP) is 0.00470. The average Bonchev–Trinajstić information content (AvgIpc) is 2.47. The molecular weight excluding hydrogens is 152 g/mol. The number of hydrogen-bond acceptors (Lipinski definition) is 3. The molecule has 1 rings (SSSR count). The SMILES string of the molecule is CCN(CCO)C1CCN(C)C1. The van der Waals surface area contributed by atoms with Crippen LogP contribution in [-0.4, -0.2) is 60.8 Å². The highest BCUT2D eigenvalue weighted by Crippen LogP contribution is 2.12. The lowest BCUT2D eigenvalue weighted by Crippen LogP contribution is -2.38. The van der Waals surface area contributed by atoms with Gasteiger partial charge in [0.2, 0.25) is 0 Å². The van der Waals surface area contributed by atoms with E-state index in [1.165, 1.54) is 13.0 Å². The van der Waals surface area contributed by atoms with E-state index in [-0.39, 0.29) is 6.61 Å². The lowest BCUT2D eigenvalue weighted by molar-refractivity contribution is 0.159. The molecule has 72 valence electrons. The maximum absolute atomic E-state index is 8.84. The molecular formula is C9H20N2O. The zero-order chi connectivity index (χ0) is 8.97. The summed E-state index contributed by atoms with van der Waals surface area (Å²) in [7, 11) is 2.16. The molecule has 3 heteroatoms. The third kappa shape index (κ3) is 2.44. The van der Waals surface area contributed by atoms with Crippen LogP contribution in [0.4, 0.5) is 0 Å². The summed E-state index contributed by atoms with van der Waals surface area (Å²) >= 11 is 0. The first kappa shape index (κ1) is 9.96. The fourth-order valence-electron chi connectivity index (χ4n) is 1.94. The zero-order valence-electron chi connectivity index (χ0n) is 8.16. The van der Waals surface area contributed by atoms with Crippen LogP contribution in [0.5, 0.6) is 0 Å². The Labute approximate surface area is 75.0 Å². The Morgan fingerprint density at radius 2 is 2.33 bits per heavy atom. The highest BCUT2D eigenvalue weighted by atomic mass is 16.3. The van der Waals surface area contributed by atoms with Crippen LogP contribution in [0.15, 0.2) is 0 Å². The second kappa shape index (κ2) is 4.80. The van der Waals surface area contributed by atoms with Crippen LogP contribution in [0.25, 0.3) is 0 Å². The number of rotatable bonds is 4. The van der Waals surface area contributed by atoms with Crippen molar-refractivity contribution in [3.8, 4) is 0 Å². The first-order valence-electron chi connectivity index (χ1n) is 4.81. The summed E-state index contributed by atoms with van der Waals surface area (Å²) in [6.45, 7) is 6.69. The molecule has 1 N–H and O–H groups in total. The lowest BCUT2D eigenvalue weighted by atomic mass is 10.2. The summed E-state index contributed by atoms with van der Waals surface area (Å²) in [5.74, 6) is 0. The van der Waals surface area contributed by atoms with Crippen LogP contribution in [0.1, 0.15) is 13.3 Å². The molecule has 0 aliphatic carbocycles. The van der Waals surface area contributed by atoms with E-state index in [4.69, 9.17) is 5.11 Å². The van der Waals surface area contributed by atoms with Crippen molar-refractivity contribution in [1.29, 1.82) is 0 Å². The molecule has 12 heavy (non-hydrogen) atoms. The van der Waals surface area contributed by atoms with Gasteiger partial charge in [-0.05, 0) is 26.6 Å². The minimum atomic E-state index is 0.286. The van der Waals surface area contributed by atoms with Gasteiger partial charge >= 0.3 is 0 Å². The second-order valence-electron chi connectivity index (χ2n) is 3.56. The van der Waals surface area contributed by atoms with Gasteiger partial charge in [0.1, 0.15) is 0 Å². The predicted molar refractivity (Wildman–Crippen MR) is 50.2 cm³/mol. The van der Waals surface area contributed by atoms with Crippen molar-refractivity contribution in [2.24, 2.45) is 0 Å². The van der Waals surface area contributed by atoms with E-state index in [1.54, 1.807) is 0 Å². The Kier molecular flexibility index (Phi) is 3.98. The molecule has 1 unspecified atom stereocenters. The second-order valence-corrected chi connectivity index (χ2v) is 3.56. The maximum atomic E-state index is 8.84. The Hall–Kier alpha value is -0.120. The summed E-state index contributed by atoms with van der Waals surface area (Å²) in [6, 6.07) is 0.673. The zero-order valence-corrected chi connectivity index (χ0v) is 8.16. The molecule has 1 saturated heterocycles. The number of likely N-dealkylation sites (tertiary alicyclic amines) is 1. The van der Waals surface area contributed by atoms with E-state index in [0.29, 0.717) is 6.04 Å². The molecule has 0 aromatic rings. The molecule has 0 amide bonds. The minimum Gasteiger partial charge on any atom is -0.395 e. The molecule has 3 nitrogen and oxygen atoms in total. The first-order valence-corrected chi connectivity index (χ1v) is 4.81. The van der Waals surface area contributed by atoms with Crippen LogP contribution in [-0.2, 0) is 0 Å². The monoisotopic (exact) mass is 172 g/mol. The van der Waals surface area contributed by atoms with Crippen LogP contribution in [0.2, 0.25) is 0 Å². The van der Waals surface area contributed by atoms with Crippen LogP contribution < -0.4 is 0 Å². The van der Waals surface area contributed by atoms with Gasteiger partial charge in [-0.1, -0.05) is 6.92 Å². The van der Waals surface area contributed by atoms with E-state index in [2.05, 4.69) is 23.8 Å². The van der Waals surface area contributed by atoms with Gasteiger partial charge in [-0.25, -0.2) is 0 Å². The molecule has 1 aliphatic heterocycles. The van der Waals surface area contributed by atoms with Crippen molar-refractivity contribution >= 4 is 0 Å². The van der Waals surface area contributed by atoms with Gasteiger partial charge in [0.25, 0.3) is 0 Å². The molecule has 1 fully saturated rings. The lowest BCUT2D eigenvalue weighted by Gasteiger charge is -2.26. The molecule has 0 bridgehead atoms. The van der Waals surface area contributed by atoms with E-state index in [9.17, 15) is 0 Å². The van der Waals surface area contributed by atoms with Crippen LogP contribution >= 0.6 is 0 Å². The largest absolute Gasteiger partial charge is 0.395 e. The molecule has 0 aromatic carbocycles. The third-order valence-corrected chi connectivity index (χ3v) is 2.68. The van der Waals surface area contributed by atoms with E-state index in [1.807, 2.05) is 0 Å². The number of aliphatic hydroxyl groups is 1. The van der Waals surface area contributed by atoms with Crippen molar-refractivity contribution in [1.82, 2.24) is 9.80 Å². The summed E-state index contributed by atoms with van der Waals surface area (Å²) in [4.78, 5) is 4.72. The molecule has 0 aromatic heterocycles. The van der Waals surface area contributed by atoms with Gasteiger partial charge in [-0.2, -0.15) is 0 Å². The van der Waals surface area contributed by atoms with Crippen LogP contribution in [0.3, 0.4) is 0 Å². The van der Waals surface area contributed by atoms with E-state index < -0.39 is 0 Å². The van der Waals surface area contributed by atoms with Gasteiger partial charge in [-0.3, -0.25) is 4.90 Å². The fraction of sp³-hybridized carbons (Fsp3) is 1.00. The normalized spacial score (nSPS) is 25.5.